The summed E-state index contributed by atoms with van der Waals surface area (Å²) in [7, 11) is 4.05. The normalized spacial score (nSPS) is 10.3. The molecule has 0 saturated heterocycles. The van der Waals surface area contributed by atoms with Crippen molar-refractivity contribution in [1.82, 2.24) is 0 Å². The van der Waals surface area contributed by atoms with Gasteiger partial charge in [0.25, 0.3) is 0 Å². The Morgan fingerprint density at radius 3 is 2.40 bits per heavy atom. The first-order valence-corrected chi connectivity index (χ1v) is 3.29. The first kappa shape index (κ1) is 7.09. The molecule has 0 atom stereocenters. The zero-order valence-corrected chi connectivity index (χ0v) is 6.26. The fourth-order valence-corrected chi connectivity index (χ4v) is 0.817. The molecular weight excluding hydrogens is 126 g/mol. The molecule has 10 heavy (non-hydrogen) atoms. The van der Waals surface area contributed by atoms with E-state index in [1.54, 1.807) is 12.1 Å². The Hall–Kier alpha value is -1.02. The van der Waals surface area contributed by atoms with Crippen molar-refractivity contribution < 1.29 is 10.0 Å². The predicted octanol–water partition coefficient (Wildman–Crippen LogP) is 0.168. The number of phenolic OH excluding ortho intramolecular Hbond substituents is 1. The van der Waals surface area contributed by atoms with Crippen LogP contribution in [0.1, 0.15) is 0 Å². The van der Waals surface area contributed by atoms with Crippen molar-refractivity contribution in [1.29, 1.82) is 0 Å². The first-order valence-electron chi connectivity index (χ1n) is 3.29. The second-order valence-electron chi connectivity index (χ2n) is 2.55. The van der Waals surface area contributed by atoms with Crippen LogP contribution in [-0.4, -0.2) is 19.2 Å². The molecule has 0 heterocycles. The van der Waals surface area contributed by atoms with Crippen LogP contribution in [0.2, 0.25) is 0 Å². The largest absolute Gasteiger partial charge is 0.508 e. The summed E-state index contributed by atoms with van der Waals surface area (Å²) in [5.74, 6) is 0.332. The van der Waals surface area contributed by atoms with E-state index in [-0.39, 0.29) is 0 Å². The van der Waals surface area contributed by atoms with Crippen LogP contribution in [-0.2, 0) is 0 Å². The van der Waals surface area contributed by atoms with Crippen molar-refractivity contribution in [3.05, 3.63) is 24.3 Å². The van der Waals surface area contributed by atoms with Gasteiger partial charge in [0.1, 0.15) is 11.4 Å². The van der Waals surface area contributed by atoms with Gasteiger partial charge in [-0.1, -0.05) is 6.07 Å². The maximum atomic E-state index is 9.05. The van der Waals surface area contributed by atoms with Crippen LogP contribution >= 0.6 is 0 Å². The van der Waals surface area contributed by atoms with Crippen LogP contribution in [0.3, 0.4) is 0 Å². The number of hydrogen-bond acceptors (Lipinski definition) is 1. The number of quaternary nitrogens is 1. The molecular formula is C8H12NO+. The zero-order valence-electron chi connectivity index (χ0n) is 6.26. The van der Waals surface area contributed by atoms with Gasteiger partial charge in [0.2, 0.25) is 0 Å². The number of nitrogens with one attached hydrogen (secondary N) is 1. The molecule has 0 saturated carbocycles. The SMILES string of the molecule is C[NH+](C)c1cccc(O)c1. The third-order valence-electron chi connectivity index (χ3n) is 1.42. The average molecular weight is 138 g/mol. The van der Waals surface area contributed by atoms with Gasteiger partial charge < -0.3 is 10.0 Å². The van der Waals surface area contributed by atoms with Crippen LogP contribution in [0.25, 0.3) is 0 Å². The summed E-state index contributed by atoms with van der Waals surface area (Å²) in [4.78, 5) is 1.22. The minimum Gasteiger partial charge on any atom is -0.508 e. The predicted molar refractivity (Wildman–Crippen MR) is 40.6 cm³/mol. The van der Waals surface area contributed by atoms with Gasteiger partial charge in [-0.3, -0.25) is 0 Å². The Kier molecular flexibility index (Phi) is 1.92. The van der Waals surface area contributed by atoms with E-state index >= 15 is 0 Å². The molecule has 2 nitrogen and oxygen atoms in total. The quantitative estimate of drug-likeness (QED) is 0.568. The van der Waals surface area contributed by atoms with Gasteiger partial charge in [-0.25, -0.2) is 0 Å². The van der Waals surface area contributed by atoms with Crippen molar-refractivity contribution in [3.63, 3.8) is 0 Å². The molecule has 0 aliphatic heterocycles. The minimum atomic E-state index is 0.332. The van der Waals surface area contributed by atoms with E-state index in [2.05, 4.69) is 0 Å². The van der Waals surface area contributed by atoms with Gasteiger partial charge in [0.05, 0.1) is 14.1 Å². The molecule has 0 radical (unpaired) electrons. The maximum Gasteiger partial charge on any atom is 0.134 e. The third kappa shape index (κ3) is 1.48. The van der Waals surface area contributed by atoms with E-state index in [1.165, 1.54) is 4.90 Å². The highest BCUT2D eigenvalue weighted by molar-refractivity contribution is 5.36. The van der Waals surface area contributed by atoms with Crippen molar-refractivity contribution >= 4 is 5.69 Å². The first-order chi connectivity index (χ1) is 4.70. The molecule has 0 unspecified atom stereocenters. The van der Waals surface area contributed by atoms with Crippen LogP contribution in [0, 0.1) is 0 Å². The highest BCUT2D eigenvalue weighted by Crippen LogP contribution is 2.10. The molecule has 0 aromatic heterocycles. The van der Waals surface area contributed by atoms with Crippen LogP contribution in [0.4, 0.5) is 5.69 Å². The smallest absolute Gasteiger partial charge is 0.134 e. The molecule has 0 bridgehead atoms. The Labute approximate surface area is 60.7 Å². The lowest BCUT2D eigenvalue weighted by atomic mass is 10.3. The molecule has 0 aliphatic rings. The van der Waals surface area contributed by atoms with Crippen molar-refractivity contribution in [2.24, 2.45) is 0 Å². The van der Waals surface area contributed by atoms with Crippen molar-refractivity contribution in [2.75, 3.05) is 14.1 Å². The number of hydrogen-bond donors (Lipinski definition) is 2. The molecule has 0 fully saturated rings. The molecule has 1 aromatic carbocycles. The van der Waals surface area contributed by atoms with Crippen molar-refractivity contribution in [3.8, 4) is 5.75 Å². The van der Waals surface area contributed by atoms with Gasteiger partial charge in [-0.2, -0.15) is 0 Å². The molecule has 1 aromatic rings. The van der Waals surface area contributed by atoms with Gasteiger partial charge in [0, 0.05) is 6.07 Å². The maximum absolute atomic E-state index is 9.05. The Balaban J connectivity index is 2.96. The summed E-state index contributed by atoms with van der Waals surface area (Å²) in [6.45, 7) is 0. The lowest BCUT2D eigenvalue weighted by Crippen LogP contribution is -3.00. The van der Waals surface area contributed by atoms with E-state index < -0.39 is 0 Å². The van der Waals surface area contributed by atoms with E-state index in [0.29, 0.717) is 5.75 Å². The summed E-state index contributed by atoms with van der Waals surface area (Å²) >= 11 is 0. The molecule has 2 N–H and O–H groups in total. The summed E-state index contributed by atoms with van der Waals surface area (Å²) in [6.07, 6.45) is 0. The molecule has 0 aliphatic carbocycles. The summed E-state index contributed by atoms with van der Waals surface area (Å²) < 4.78 is 0. The fourth-order valence-electron chi connectivity index (χ4n) is 0.817. The second-order valence-corrected chi connectivity index (χ2v) is 2.55. The van der Waals surface area contributed by atoms with Gasteiger partial charge >= 0.3 is 0 Å². The molecule has 54 valence electrons. The van der Waals surface area contributed by atoms with Gasteiger partial charge in [0.15, 0.2) is 0 Å². The Bertz CT molecular complexity index is 220. The monoisotopic (exact) mass is 138 g/mol. The van der Waals surface area contributed by atoms with Crippen LogP contribution in [0.15, 0.2) is 24.3 Å². The lowest BCUT2D eigenvalue weighted by molar-refractivity contribution is -0.786. The Morgan fingerprint density at radius 2 is 2.00 bits per heavy atom. The number of phenols is 1. The number of benzene rings is 1. The lowest BCUT2D eigenvalue weighted by Gasteiger charge is -2.05. The third-order valence-corrected chi connectivity index (χ3v) is 1.42. The van der Waals surface area contributed by atoms with E-state index in [9.17, 15) is 0 Å². The molecule has 0 spiro atoms. The molecule has 1 rings (SSSR count). The second kappa shape index (κ2) is 2.71. The number of aromatic hydroxyl groups is 1. The van der Waals surface area contributed by atoms with Gasteiger partial charge in [-0.05, 0) is 12.1 Å². The zero-order chi connectivity index (χ0) is 7.56. The van der Waals surface area contributed by atoms with Crippen LogP contribution in [0.5, 0.6) is 5.75 Å². The van der Waals surface area contributed by atoms with Crippen LogP contribution < -0.4 is 4.90 Å². The highest BCUT2D eigenvalue weighted by Gasteiger charge is 1.98. The molecule has 2 heteroatoms. The topological polar surface area (TPSA) is 24.7 Å². The van der Waals surface area contributed by atoms with E-state index in [4.69, 9.17) is 5.11 Å². The molecule has 0 amide bonds. The average Bonchev–Trinajstić information content (AvgIpc) is 1.88. The minimum absolute atomic E-state index is 0.332. The van der Waals surface area contributed by atoms with Gasteiger partial charge in [-0.15, -0.1) is 0 Å². The number of rotatable bonds is 1. The Morgan fingerprint density at radius 1 is 1.30 bits per heavy atom. The van der Waals surface area contributed by atoms with E-state index in [0.717, 1.165) is 5.69 Å². The summed E-state index contributed by atoms with van der Waals surface area (Å²) in [5, 5.41) is 9.05. The van der Waals surface area contributed by atoms with Crippen molar-refractivity contribution in [2.45, 2.75) is 0 Å². The summed E-state index contributed by atoms with van der Waals surface area (Å²) in [6, 6.07) is 7.26. The standard InChI is InChI=1S/C8H11NO/c1-9(2)7-4-3-5-8(10)6-7/h3-6,10H,1-2H3/p+1. The fraction of sp³-hybridized carbons (Fsp3) is 0.250. The highest BCUT2D eigenvalue weighted by atomic mass is 16.3. The summed E-state index contributed by atoms with van der Waals surface area (Å²) in [5.41, 5.74) is 1.10. The van der Waals surface area contributed by atoms with E-state index in [1.807, 2.05) is 26.2 Å².